The number of halogens is 1. The lowest BCUT2D eigenvalue weighted by molar-refractivity contribution is -0.383. The minimum atomic E-state index is -0.675. The summed E-state index contributed by atoms with van der Waals surface area (Å²) in [7, 11) is 0. The summed E-state index contributed by atoms with van der Waals surface area (Å²) in [5, 5.41) is 13.6. The second kappa shape index (κ2) is 8.70. The van der Waals surface area contributed by atoms with Crippen molar-refractivity contribution < 1.29 is 19.2 Å². The van der Waals surface area contributed by atoms with Gasteiger partial charge >= 0.3 is 5.97 Å². The van der Waals surface area contributed by atoms with Crippen LogP contribution in [0, 0.1) is 16.0 Å². The topological polar surface area (TPSA) is 98.5 Å². The molecule has 0 saturated heterocycles. The molecule has 0 aliphatic heterocycles. The SMILES string of the molecule is CCC1CCc2sc(C(=O)OCC(=O)Nc3cc(Cl)ccc3[N+](=O)[O-])cc2C1. The maximum Gasteiger partial charge on any atom is 0.348 e. The molecule has 1 unspecified atom stereocenters. The van der Waals surface area contributed by atoms with E-state index in [1.165, 1.54) is 40.0 Å². The van der Waals surface area contributed by atoms with Crippen molar-refractivity contribution >= 4 is 46.2 Å². The van der Waals surface area contributed by atoms with E-state index in [4.69, 9.17) is 16.3 Å². The van der Waals surface area contributed by atoms with Gasteiger partial charge in [0.05, 0.1) is 4.92 Å². The number of nitro benzene ring substituents is 1. The van der Waals surface area contributed by atoms with Crippen LogP contribution >= 0.6 is 22.9 Å². The van der Waals surface area contributed by atoms with Gasteiger partial charge in [-0.2, -0.15) is 0 Å². The monoisotopic (exact) mass is 422 g/mol. The maximum atomic E-state index is 12.3. The molecule has 3 rings (SSSR count). The Hall–Kier alpha value is -2.45. The van der Waals surface area contributed by atoms with Crippen LogP contribution in [0.15, 0.2) is 24.3 Å². The highest BCUT2D eigenvalue weighted by Crippen LogP contribution is 2.34. The lowest BCUT2D eigenvalue weighted by atomic mass is 9.87. The highest BCUT2D eigenvalue weighted by atomic mass is 35.5. The summed E-state index contributed by atoms with van der Waals surface area (Å²) in [6.07, 6.45) is 4.17. The molecule has 0 bridgehead atoms. The van der Waals surface area contributed by atoms with Crippen molar-refractivity contribution in [2.24, 2.45) is 5.92 Å². The van der Waals surface area contributed by atoms with Crippen molar-refractivity contribution in [2.45, 2.75) is 32.6 Å². The molecule has 2 aromatic rings. The number of nitrogens with one attached hydrogen (secondary N) is 1. The molecular weight excluding hydrogens is 404 g/mol. The number of nitrogens with zero attached hydrogens (tertiary/aromatic N) is 1. The molecule has 1 aliphatic rings. The zero-order chi connectivity index (χ0) is 20.3. The summed E-state index contributed by atoms with van der Waals surface area (Å²) in [6.45, 7) is 1.63. The molecule has 1 N–H and O–H groups in total. The smallest absolute Gasteiger partial charge is 0.348 e. The molecule has 0 spiro atoms. The van der Waals surface area contributed by atoms with E-state index in [0.717, 1.165) is 25.7 Å². The highest BCUT2D eigenvalue weighted by molar-refractivity contribution is 7.14. The third-order valence-corrected chi connectivity index (χ3v) is 6.18. The molecule has 0 radical (unpaired) electrons. The highest BCUT2D eigenvalue weighted by Gasteiger charge is 2.23. The Morgan fingerprint density at radius 2 is 2.18 bits per heavy atom. The van der Waals surface area contributed by atoms with Gasteiger partial charge in [0.1, 0.15) is 10.6 Å². The van der Waals surface area contributed by atoms with Crippen LogP contribution in [0.4, 0.5) is 11.4 Å². The molecule has 9 heteroatoms. The van der Waals surface area contributed by atoms with Crippen LogP contribution in [0.1, 0.15) is 39.9 Å². The number of benzene rings is 1. The van der Waals surface area contributed by atoms with Gasteiger partial charge in [0.25, 0.3) is 11.6 Å². The third kappa shape index (κ3) is 4.69. The van der Waals surface area contributed by atoms with Crippen molar-refractivity contribution in [1.82, 2.24) is 0 Å². The first kappa shape index (κ1) is 20.3. The van der Waals surface area contributed by atoms with E-state index in [9.17, 15) is 19.7 Å². The number of amides is 1. The lowest BCUT2D eigenvalue weighted by Gasteiger charge is -2.19. The summed E-state index contributed by atoms with van der Waals surface area (Å²) in [5.74, 6) is -0.598. The van der Waals surface area contributed by atoms with Crippen LogP contribution in [-0.4, -0.2) is 23.4 Å². The number of esters is 1. The quantitative estimate of drug-likeness (QED) is 0.416. The van der Waals surface area contributed by atoms with Gasteiger partial charge in [0.15, 0.2) is 6.61 Å². The number of nitro groups is 1. The van der Waals surface area contributed by atoms with Crippen LogP contribution in [0.5, 0.6) is 0 Å². The van der Waals surface area contributed by atoms with Gasteiger partial charge in [-0.15, -0.1) is 11.3 Å². The molecule has 7 nitrogen and oxygen atoms in total. The van der Waals surface area contributed by atoms with Crippen LogP contribution < -0.4 is 5.32 Å². The molecule has 1 amide bonds. The van der Waals surface area contributed by atoms with E-state index >= 15 is 0 Å². The normalized spacial score (nSPS) is 15.6. The molecule has 1 aliphatic carbocycles. The van der Waals surface area contributed by atoms with Gasteiger partial charge in [-0.1, -0.05) is 24.9 Å². The average molecular weight is 423 g/mol. The third-order valence-electron chi connectivity index (χ3n) is 4.73. The van der Waals surface area contributed by atoms with Gasteiger partial charge < -0.3 is 10.1 Å². The van der Waals surface area contributed by atoms with Gasteiger partial charge in [0.2, 0.25) is 0 Å². The van der Waals surface area contributed by atoms with E-state index in [-0.39, 0.29) is 16.4 Å². The summed E-state index contributed by atoms with van der Waals surface area (Å²) in [4.78, 5) is 36.4. The Morgan fingerprint density at radius 1 is 1.39 bits per heavy atom. The standard InChI is InChI=1S/C19H19ClN2O5S/c1-2-11-3-6-16-12(7-11)8-17(28-16)19(24)27-10-18(23)21-14-9-13(20)4-5-15(14)22(25)26/h4-5,8-9,11H,2-3,6-7,10H2,1H3,(H,21,23). The number of hydrogen-bond acceptors (Lipinski definition) is 6. The lowest BCUT2D eigenvalue weighted by Crippen LogP contribution is -2.21. The van der Waals surface area contributed by atoms with Crippen LogP contribution in [0.2, 0.25) is 5.02 Å². The predicted octanol–water partition coefficient (Wildman–Crippen LogP) is 4.62. The zero-order valence-electron chi connectivity index (χ0n) is 15.2. The summed E-state index contributed by atoms with van der Waals surface area (Å²) >= 11 is 7.23. The van der Waals surface area contributed by atoms with Crippen LogP contribution in [-0.2, 0) is 22.4 Å². The van der Waals surface area contributed by atoms with Crippen LogP contribution in [0.3, 0.4) is 0 Å². The second-order valence-corrected chi connectivity index (χ2v) is 8.19. The number of carbonyl (C=O) groups excluding carboxylic acids is 2. The molecule has 1 heterocycles. The number of aryl methyl sites for hydroxylation is 1. The van der Waals surface area contributed by atoms with Crippen molar-refractivity contribution in [1.29, 1.82) is 0 Å². The van der Waals surface area contributed by atoms with Gasteiger partial charge in [-0.25, -0.2) is 4.79 Å². The van der Waals surface area contributed by atoms with Crippen molar-refractivity contribution in [2.75, 3.05) is 11.9 Å². The summed E-state index contributed by atoms with van der Waals surface area (Å²) in [5.41, 5.74) is 0.852. The Labute approximate surface area is 170 Å². The average Bonchev–Trinajstić information content (AvgIpc) is 3.09. The van der Waals surface area contributed by atoms with Crippen LogP contribution in [0.25, 0.3) is 0 Å². The molecule has 1 atom stereocenters. The minimum Gasteiger partial charge on any atom is -0.451 e. The van der Waals surface area contributed by atoms with Gasteiger partial charge in [0, 0.05) is 16.0 Å². The molecule has 28 heavy (non-hydrogen) atoms. The molecule has 1 aromatic carbocycles. The fourth-order valence-corrected chi connectivity index (χ4v) is 4.48. The predicted molar refractivity (Wildman–Crippen MR) is 107 cm³/mol. The molecule has 0 saturated carbocycles. The molecule has 1 aromatic heterocycles. The van der Waals surface area contributed by atoms with Crippen molar-refractivity contribution in [3.8, 4) is 0 Å². The second-order valence-electron chi connectivity index (χ2n) is 6.62. The Morgan fingerprint density at radius 3 is 2.89 bits per heavy atom. The number of ether oxygens (including phenoxy) is 1. The number of hydrogen-bond donors (Lipinski definition) is 1. The van der Waals surface area contributed by atoms with E-state index in [1.54, 1.807) is 0 Å². The zero-order valence-corrected chi connectivity index (χ0v) is 16.8. The first-order valence-electron chi connectivity index (χ1n) is 8.89. The first-order valence-corrected chi connectivity index (χ1v) is 10.1. The molecule has 0 fully saturated rings. The summed E-state index contributed by atoms with van der Waals surface area (Å²) < 4.78 is 5.08. The Bertz CT molecular complexity index is 927. The minimum absolute atomic E-state index is 0.0456. The van der Waals surface area contributed by atoms with E-state index in [0.29, 0.717) is 10.8 Å². The van der Waals surface area contributed by atoms with Crippen molar-refractivity contribution in [3.05, 3.63) is 54.7 Å². The Balaban J connectivity index is 1.60. The molecule has 148 valence electrons. The summed E-state index contributed by atoms with van der Waals surface area (Å²) in [6, 6.07) is 5.68. The fourth-order valence-electron chi connectivity index (χ4n) is 3.20. The molecular formula is C19H19ClN2O5S. The number of carbonyl (C=O) groups is 2. The van der Waals surface area contributed by atoms with Crippen molar-refractivity contribution in [3.63, 3.8) is 0 Å². The first-order chi connectivity index (χ1) is 13.4. The number of anilines is 1. The van der Waals surface area contributed by atoms with Gasteiger partial charge in [-0.05, 0) is 48.9 Å². The Kier molecular flexibility index (Phi) is 6.31. The number of fused-ring (bicyclic) bond motifs is 1. The van der Waals surface area contributed by atoms with E-state index in [1.807, 2.05) is 6.07 Å². The van der Waals surface area contributed by atoms with E-state index < -0.39 is 23.4 Å². The number of thiophene rings is 1. The van der Waals surface area contributed by atoms with E-state index in [2.05, 4.69) is 12.2 Å². The largest absolute Gasteiger partial charge is 0.451 e. The maximum absolute atomic E-state index is 12.3. The van der Waals surface area contributed by atoms with Gasteiger partial charge in [-0.3, -0.25) is 14.9 Å². The fraction of sp³-hybridized carbons (Fsp3) is 0.368. The number of rotatable bonds is 6.